The van der Waals surface area contributed by atoms with Gasteiger partial charge < -0.3 is 9.32 Å². The molecule has 1 heterocycles. The number of furan rings is 1. The number of hydrogen-bond acceptors (Lipinski definition) is 2. The van der Waals surface area contributed by atoms with E-state index in [9.17, 15) is 0 Å². The van der Waals surface area contributed by atoms with Gasteiger partial charge in [0.2, 0.25) is 0 Å². The Morgan fingerprint density at radius 3 is 1.41 bits per heavy atom. The van der Waals surface area contributed by atoms with Crippen LogP contribution in [-0.2, 0) is 0 Å². The SMILES string of the molecule is c1ccc(-c2ccc(-c3cccc(N(c4cccc(-c5ccccc5)c4)c4cccc5c4oc4c(-c6ccccc6)cc6ccccc6c45)c3)cc2)cc1. The standard InChI is InChI=1S/C52H35NO/c1-4-15-36(16-5-1)38-29-31-39(32-30-38)42-23-13-25-45(34-42)53(44-24-12-22-41(33-44)37-17-6-2-7-18-37)49-28-14-27-47-50-46-26-11-10-21-43(46)35-48(52(50)54-51(47)49)40-19-8-3-9-20-40/h1-35H. The zero-order chi connectivity index (χ0) is 35.8. The van der Waals surface area contributed by atoms with Crippen LogP contribution in [0.3, 0.4) is 0 Å². The summed E-state index contributed by atoms with van der Waals surface area (Å²) < 4.78 is 7.14. The van der Waals surface area contributed by atoms with Crippen LogP contribution in [0.2, 0.25) is 0 Å². The van der Waals surface area contributed by atoms with Gasteiger partial charge in [-0.1, -0.05) is 176 Å². The first-order valence-electron chi connectivity index (χ1n) is 18.4. The molecule has 2 nitrogen and oxygen atoms in total. The average Bonchev–Trinajstić information content (AvgIpc) is 3.66. The number of nitrogens with zero attached hydrogens (tertiary/aromatic N) is 1. The molecule has 1 aromatic heterocycles. The van der Waals surface area contributed by atoms with Crippen LogP contribution in [0, 0.1) is 0 Å². The molecule has 0 atom stereocenters. The Morgan fingerprint density at radius 1 is 0.315 bits per heavy atom. The van der Waals surface area contributed by atoms with Crippen LogP contribution >= 0.6 is 0 Å². The van der Waals surface area contributed by atoms with Crippen molar-refractivity contribution >= 4 is 49.8 Å². The summed E-state index contributed by atoms with van der Waals surface area (Å²) in [6, 6.07) is 75.7. The number of fused-ring (bicyclic) bond motifs is 5. The summed E-state index contributed by atoms with van der Waals surface area (Å²) >= 11 is 0. The van der Waals surface area contributed by atoms with Crippen LogP contribution in [0.4, 0.5) is 17.1 Å². The molecule has 0 fully saturated rings. The molecule has 0 aliphatic heterocycles. The van der Waals surface area contributed by atoms with E-state index < -0.39 is 0 Å². The van der Waals surface area contributed by atoms with E-state index in [1.54, 1.807) is 0 Å². The first-order chi connectivity index (χ1) is 26.8. The lowest BCUT2D eigenvalue weighted by Crippen LogP contribution is -2.10. The van der Waals surface area contributed by atoms with Crippen molar-refractivity contribution in [3.8, 4) is 44.5 Å². The van der Waals surface area contributed by atoms with E-state index in [2.05, 4.69) is 217 Å². The molecule has 0 amide bonds. The Hall–Kier alpha value is -7.16. The highest BCUT2D eigenvalue weighted by atomic mass is 16.3. The van der Waals surface area contributed by atoms with Crippen molar-refractivity contribution in [1.82, 2.24) is 0 Å². The minimum absolute atomic E-state index is 0.851. The van der Waals surface area contributed by atoms with Crippen molar-refractivity contribution in [1.29, 1.82) is 0 Å². The molecule has 0 aliphatic rings. The third-order valence-corrected chi connectivity index (χ3v) is 10.4. The molecule has 254 valence electrons. The molecular weight excluding hydrogens is 655 g/mol. The summed E-state index contributed by atoms with van der Waals surface area (Å²) in [5.74, 6) is 0. The highest BCUT2D eigenvalue weighted by Gasteiger charge is 2.23. The number of benzene rings is 9. The second-order valence-corrected chi connectivity index (χ2v) is 13.7. The van der Waals surface area contributed by atoms with Crippen molar-refractivity contribution in [3.63, 3.8) is 0 Å². The Bertz CT molecular complexity index is 2910. The first-order valence-corrected chi connectivity index (χ1v) is 18.4. The largest absolute Gasteiger partial charge is 0.453 e. The molecule has 10 aromatic rings. The molecule has 54 heavy (non-hydrogen) atoms. The fourth-order valence-corrected chi connectivity index (χ4v) is 7.83. The molecule has 0 radical (unpaired) electrons. The predicted octanol–water partition coefficient (Wildman–Crippen LogP) is 14.9. The summed E-state index contributed by atoms with van der Waals surface area (Å²) in [7, 11) is 0. The molecule has 0 N–H and O–H groups in total. The van der Waals surface area contributed by atoms with Gasteiger partial charge in [0.1, 0.15) is 5.58 Å². The van der Waals surface area contributed by atoms with E-state index in [4.69, 9.17) is 4.42 Å². The van der Waals surface area contributed by atoms with E-state index in [1.165, 1.54) is 27.5 Å². The minimum atomic E-state index is 0.851. The van der Waals surface area contributed by atoms with Gasteiger partial charge in [-0.05, 0) is 86.1 Å². The molecule has 0 aliphatic carbocycles. The molecule has 0 saturated carbocycles. The third kappa shape index (κ3) is 5.62. The lowest BCUT2D eigenvalue weighted by atomic mass is 9.96. The zero-order valence-electron chi connectivity index (χ0n) is 29.6. The van der Waals surface area contributed by atoms with E-state index >= 15 is 0 Å². The van der Waals surface area contributed by atoms with Crippen LogP contribution < -0.4 is 4.90 Å². The van der Waals surface area contributed by atoms with Crippen LogP contribution in [0.1, 0.15) is 0 Å². The number of hydrogen-bond donors (Lipinski definition) is 0. The van der Waals surface area contributed by atoms with Gasteiger partial charge in [0.15, 0.2) is 5.58 Å². The molecule has 0 bridgehead atoms. The van der Waals surface area contributed by atoms with Crippen LogP contribution in [0.5, 0.6) is 0 Å². The molecule has 0 saturated heterocycles. The van der Waals surface area contributed by atoms with Gasteiger partial charge in [0.25, 0.3) is 0 Å². The smallest absolute Gasteiger partial charge is 0.159 e. The molecular formula is C52H35NO. The van der Waals surface area contributed by atoms with Gasteiger partial charge in [0.05, 0.1) is 5.69 Å². The van der Waals surface area contributed by atoms with E-state index in [0.29, 0.717) is 0 Å². The molecule has 0 unspecified atom stereocenters. The van der Waals surface area contributed by atoms with Gasteiger partial charge in [-0.3, -0.25) is 0 Å². The van der Waals surface area contributed by atoms with Gasteiger partial charge in [-0.2, -0.15) is 0 Å². The molecule has 2 heteroatoms. The van der Waals surface area contributed by atoms with Gasteiger partial charge in [0, 0.05) is 27.7 Å². The maximum absolute atomic E-state index is 7.14. The van der Waals surface area contributed by atoms with Crippen molar-refractivity contribution < 1.29 is 4.42 Å². The molecule has 10 rings (SSSR count). The Balaban J connectivity index is 1.19. The Labute approximate surface area is 314 Å². The van der Waals surface area contributed by atoms with Crippen LogP contribution in [0.25, 0.3) is 77.2 Å². The molecule has 0 spiro atoms. The quantitative estimate of drug-likeness (QED) is 0.166. The summed E-state index contributed by atoms with van der Waals surface area (Å²) in [5, 5.41) is 4.60. The second-order valence-electron chi connectivity index (χ2n) is 13.7. The van der Waals surface area contributed by atoms with E-state index in [0.717, 1.165) is 66.8 Å². The van der Waals surface area contributed by atoms with Crippen molar-refractivity contribution in [2.75, 3.05) is 4.90 Å². The molecule has 9 aromatic carbocycles. The summed E-state index contributed by atoms with van der Waals surface area (Å²) in [5.41, 5.74) is 14.1. The van der Waals surface area contributed by atoms with Gasteiger partial charge in [-0.25, -0.2) is 0 Å². The normalized spacial score (nSPS) is 11.3. The highest BCUT2D eigenvalue weighted by Crippen LogP contribution is 2.47. The monoisotopic (exact) mass is 689 g/mol. The minimum Gasteiger partial charge on any atom is -0.453 e. The Kier molecular flexibility index (Phi) is 7.85. The van der Waals surface area contributed by atoms with E-state index in [1.807, 2.05) is 0 Å². The number of rotatable bonds is 7. The maximum atomic E-state index is 7.14. The maximum Gasteiger partial charge on any atom is 0.159 e. The Morgan fingerprint density at radius 2 is 0.778 bits per heavy atom. The summed E-state index contributed by atoms with van der Waals surface area (Å²) in [6.45, 7) is 0. The van der Waals surface area contributed by atoms with E-state index in [-0.39, 0.29) is 0 Å². The lowest BCUT2D eigenvalue weighted by molar-refractivity contribution is 0.670. The topological polar surface area (TPSA) is 16.4 Å². The predicted molar refractivity (Wildman–Crippen MR) is 228 cm³/mol. The van der Waals surface area contributed by atoms with Crippen LogP contribution in [-0.4, -0.2) is 0 Å². The van der Waals surface area contributed by atoms with Crippen molar-refractivity contribution in [3.05, 3.63) is 212 Å². The van der Waals surface area contributed by atoms with Gasteiger partial charge in [-0.15, -0.1) is 0 Å². The number of anilines is 3. The van der Waals surface area contributed by atoms with Crippen molar-refractivity contribution in [2.24, 2.45) is 0 Å². The average molecular weight is 690 g/mol. The highest BCUT2D eigenvalue weighted by molar-refractivity contribution is 6.24. The fourth-order valence-electron chi connectivity index (χ4n) is 7.83. The third-order valence-electron chi connectivity index (χ3n) is 10.4. The van der Waals surface area contributed by atoms with Gasteiger partial charge >= 0.3 is 0 Å². The fraction of sp³-hybridized carbons (Fsp3) is 0. The second kappa shape index (κ2) is 13.4. The zero-order valence-corrected chi connectivity index (χ0v) is 29.6. The summed E-state index contributed by atoms with van der Waals surface area (Å²) in [4.78, 5) is 2.35. The lowest BCUT2D eigenvalue weighted by Gasteiger charge is -2.26. The van der Waals surface area contributed by atoms with Crippen molar-refractivity contribution in [2.45, 2.75) is 0 Å². The van der Waals surface area contributed by atoms with Crippen LogP contribution in [0.15, 0.2) is 217 Å². The first kappa shape index (κ1) is 31.6. The summed E-state index contributed by atoms with van der Waals surface area (Å²) in [6.07, 6.45) is 0. The number of para-hydroxylation sites is 1.